The predicted molar refractivity (Wildman–Crippen MR) is 95.2 cm³/mol. The van der Waals surface area contributed by atoms with E-state index in [1.165, 1.54) is 16.9 Å². The van der Waals surface area contributed by atoms with Crippen LogP contribution in [0.15, 0.2) is 48.5 Å². The van der Waals surface area contributed by atoms with E-state index in [2.05, 4.69) is 67.6 Å². The molecule has 0 fully saturated rings. The van der Waals surface area contributed by atoms with E-state index >= 15 is 0 Å². The molecule has 118 valence electrons. The van der Waals surface area contributed by atoms with Crippen LogP contribution in [0.3, 0.4) is 0 Å². The average Bonchev–Trinajstić information content (AvgIpc) is 2.53. The number of anilines is 2. The van der Waals surface area contributed by atoms with Gasteiger partial charge in [0, 0.05) is 32.0 Å². The highest BCUT2D eigenvalue weighted by molar-refractivity contribution is 5.54. The molecule has 2 aromatic carbocycles. The molecule has 0 aliphatic rings. The second-order valence-corrected chi connectivity index (χ2v) is 5.74. The quantitative estimate of drug-likeness (QED) is 0.734. The van der Waals surface area contributed by atoms with Crippen molar-refractivity contribution in [3.63, 3.8) is 0 Å². The van der Waals surface area contributed by atoms with Gasteiger partial charge in [0.2, 0.25) is 0 Å². The highest BCUT2D eigenvalue weighted by Crippen LogP contribution is 2.16. The van der Waals surface area contributed by atoms with Gasteiger partial charge in [0.15, 0.2) is 0 Å². The van der Waals surface area contributed by atoms with Crippen molar-refractivity contribution >= 4 is 11.4 Å². The van der Waals surface area contributed by atoms with Crippen LogP contribution in [0.5, 0.6) is 5.75 Å². The SMILES string of the molecule is Cc1ccc(OCCCCNc2ccc(N(C)C)cc2)cc1. The predicted octanol–water partition coefficient (Wildman–Crippen LogP) is 4.33. The van der Waals surface area contributed by atoms with Crippen molar-refractivity contribution < 1.29 is 4.74 Å². The van der Waals surface area contributed by atoms with E-state index in [0.29, 0.717) is 0 Å². The number of hydrogen-bond donors (Lipinski definition) is 1. The summed E-state index contributed by atoms with van der Waals surface area (Å²) in [6.45, 7) is 3.82. The van der Waals surface area contributed by atoms with E-state index in [0.717, 1.165) is 31.7 Å². The summed E-state index contributed by atoms with van der Waals surface area (Å²) in [5, 5.41) is 3.44. The second kappa shape index (κ2) is 8.32. The molecule has 0 aliphatic carbocycles. The first-order chi connectivity index (χ1) is 10.6. The molecule has 3 nitrogen and oxygen atoms in total. The number of nitrogens with zero attached hydrogens (tertiary/aromatic N) is 1. The molecule has 0 spiro atoms. The molecule has 0 bridgehead atoms. The van der Waals surface area contributed by atoms with Crippen LogP contribution in [-0.4, -0.2) is 27.2 Å². The fourth-order valence-corrected chi connectivity index (χ4v) is 2.16. The fourth-order valence-electron chi connectivity index (χ4n) is 2.16. The zero-order valence-electron chi connectivity index (χ0n) is 13.8. The van der Waals surface area contributed by atoms with Gasteiger partial charge in [-0.3, -0.25) is 0 Å². The third kappa shape index (κ3) is 5.32. The third-order valence-corrected chi connectivity index (χ3v) is 3.57. The number of aryl methyl sites for hydroxylation is 1. The van der Waals surface area contributed by atoms with E-state index in [9.17, 15) is 0 Å². The van der Waals surface area contributed by atoms with E-state index in [-0.39, 0.29) is 0 Å². The Morgan fingerprint density at radius 1 is 0.909 bits per heavy atom. The van der Waals surface area contributed by atoms with Crippen LogP contribution in [0.4, 0.5) is 11.4 Å². The summed E-state index contributed by atoms with van der Waals surface area (Å²) in [4.78, 5) is 2.10. The lowest BCUT2D eigenvalue weighted by molar-refractivity contribution is 0.308. The Labute approximate surface area is 133 Å². The minimum Gasteiger partial charge on any atom is -0.494 e. The van der Waals surface area contributed by atoms with Crippen LogP contribution in [0.1, 0.15) is 18.4 Å². The minimum absolute atomic E-state index is 0.768. The molecule has 0 aromatic heterocycles. The zero-order valence-corrected chi connectivity index (χ0v) is 13.8. The first kappa shape index (κ1) is 16.2. The van der Waals surface area contributed by atoms with Crippen molar-refractivity contribution in [2.24, 2.45) is 0 Å². The Bertz CT molecular complexity index is 547. The van der Waals surface area contributed by atoms with Gasteiger partial charge in [-0.05, 0) is 56.2 Å². The maximum atomic E-state index is 5.72. The Hall–Kier alpha value is -2.16. The van der Waals surface area contributed by atoms with Crippen LogP contribution in [0.25, 0.3) is 0 Å². The largest absolute Gasteiger partial charge is 0.494 e. The highest BCUT2D eigenvalue weighted by atomic mass is 16.5. The standard InChI is InChI=1S/C19H26N2O/c1-16-6-12-19(13-7-16)22-15-5-4-14-20-17-8-10-18(11-9-17)21(2)3/h6-13,20H,4-5,14-15H2,1-3H3. The molecular formula is C19H26N2O. The molecule has 3 heteroatoms. The van der Waals surface area contributed by atoms with Gasteiger partial charge in [-0.25, -0.2) is 0 Å². The van der Waals surface area contributed by atoms with E-state index in [4.69, 9.17) is 4.74 Å². The summed E-state index contributed by atoms with van der Waals surface area (Å²) in [5.74, 6) is 0.956. The van der Waals surface area contributed by atoms with Gasteiger partial charge in [0.1, 0.15) is 5.75 Å². The molecular weight excluding hydrogens is 272 g/mol. The summed E-state index contributed by atoms with van der Waals surface area (Å²) >= 11 is 0. The third-order valence-electron chi connectivity index (χ3n) is 3.57. The average molecular weight is 298 g/mol. The summed E-state index contributed by atoms with van der Waals surface area (Å²) in [5.41, 5.74) is 3.65. The van der Waals surface area contributed by atoms with Crippen molar-refractivity contribution in [3.8, 4) is 5.75 Å². The Morgan fingerprint density at radius 3 is 2.23 bits per heavy atom. The molecule has 0 saturated carbocycles. The van der Waals surface area contributed by atoms with Crippen molar-refractivity contribution in [2.75, 3.05) is 37.5 Å². The maximum Gasteiger partial charge on any atom is 0.119 e. The zero-order chi connectivity index (χ0) is 15.8. The number of unbranched alkanes of at least 4 members (excludes halogenated alkanes) is 1. The Balaban J connectivity index is 1.60. The number of rotatable bonds is 8. The summed E-state index contributed by atoms with van der Waals surface area (Å²) < 4.78 is 5.72. The topological polar surface area (TPSA) is 24.5 Å². The van der Waals surface area contributed by atoms with Gasteiger partial charge < -0.3 is 15.0 Å². The van der Waals surface area contributed by atoms with Gasteiger partial charge in [-0.2, -0.15) is 0 Å². The van der Waals surface area contributed by atoms with E-state index in [1.807, 2.05) is 12.1 Å². The van der Waals surface area contributed by atoms with Gasteiger partial charge in [-0.15, -0.1) is 0 Å². The first-order valence-corrected chi connectivity index (χ1v) is 7.86. The molecule has 0 saturated heterocycles. The van der Waals surface area contributed by atoms with E-state index < -0.39 is 0 Å². The number of benzene rings is 2. The lowest BCUT2D eigenvalue weighted by Crippen LogP contribution is -2.08. The molecule has 1 N–H and O–H groups in total. The van der Waals surface area contributed by atoms with Crippen LogP contribution in [0, 0.1) is 6.92 Å². The molecule has 2 rings (SSSR count). The number of nitrogens with one attached hydrogen (secondary N) is 1. The second-order valence-electron chi connectivity index (χ2n) is 5.74. The summed E-state index contributed by atoms with van der Waals surface area (Å²) in [6, 6.07) is 16.7. The normalized spacial score (nSPS) is 10.3. The molecule has 0 radical (unpaired) electrons. The first-order valence-electron chi connectivity index (χ1n) is 7.86. The summed E-state index contributed by atoms with van der Waals surface area (Å²) in [7, 11) is 4.10. The van der Waals surface area contributed by atoms with Gasteiger partial charge in [0.05, 0.1) is 6.61 Å². The van der Waals surface area contributed by atoms with Crippen LogP contribution < -0.4 is 15.0 Å². The number of hydrogen-bond acceptors (Lipinski definition) is 3. The maximum absolute atomic E-state index is 5.72. The minimum atomic E-state index is 0.768. The summed E-state index contributed by atoms with van der Waals surface area (Å²) in [6.07, 6.45) is 2.15. The van der Waals surface area contributed by atoms with Gasteiger partial charge in [0.25, 0.3) is 0 Å². The van der Waals surface area contributed by atoms with Crippen molar-refractivity contribution in [3.05, 3.63) is 54.1 Å². The van der Waals surface area contributed by atoms with E-state index in [1.54, 1.807) is 0 Å². The Kier molecular flexibility index (Phi) is 6.13. The molecule has 22 heavy (non-hydrogen) atoms. The molecule has 2 aromatic rings. The molecule has 0 unspecified atom stereocenters. The van der Waals surface area contributed by atoms with Crippen LogP contribution >= 0.6 is 0 Å². The van der Waals surface area contributed by atoms with Gasteiger partial charge >= 0.3 is 0 Å². The molecule has 0 amide bonds. The highest BCUT2D eigenvalue weighted by Gasteiger charge is 1.97. The molecule has 0 aliphatic heterocycles. The fraction of sp³-hybridized carbons (Fsp3) is 0.368. The lowest BCUT2D eigenvalue weighted by atomic mass is 10.2. The van der Waals surface area contributed by atoms with Crippen LogP contribution in [0.2, 0.25) is 0 Å². The van der Waals surface area contributed by atoms with Crippen LogP contribution in [-0.2, 0) is 0 Å². The van der Waals surface area contributed by atoms with Gasteiger partial charge in [-0.1, -0.05) is 17.7 Å². The number of ether oxygens (including phenoxy) is 1. The molecule has 0 atom stereocenters. The molecule has 0 heterocycles. The smallest absolute Gasteiger partial charge is 0.119 e. The Morgan fingerprint density at radius 2 is 1.59 bits per heavy atom. The van der Waals surface area contributed by atoms with Crippen molar-refractivity contribution in [2.45, 2.75) is 19.8 Å². The van der Waals surface area contributed by atoms with Crippen molar-refractivity contribution in [1.82, 2.24) is 0 Å². The van der Waals surface area contributed by atoms with Crippen molar-refractivity contribution in [1.29, 1.82) is 0 Å². The lowest BCUT2D eigenvalue weighted by Gasteiger charge is -2.13. The monoisotopic (exact) mass is 298 g/mol.